The molecule has 13 nitrogen and oxygen atoms in total. The maximum absolute atomic E-state index is 12.6. The summed E-state index contributed by atoms with van der Waals surface area (Å²) in [6, 6.07) is -3.56. The van der Waals surface area contributed by atoms with Crippen LogP contribution in [0.1, 0.15) is 32.4 Å². The first kappa shape index (κ1) is 25.6. The largest absolute Gasteiger partial charge is 0.481 e. The normalized spacial score (nSPS) is 14.5. The van der Waals surface area contributed by atoms with Crippen LogP contribution in [-0.4, -0.2) is 74.5 Å². The van der Waals surface area contributed by atoms with E-state index in [0.717, 1.165) is 0 Å². The van der Waals surface area contributed by atoms with Gasteiger partial charge in [0.2, 0.25) is 17.7 Å². The van der Waals surface area contributed by atoms with Gasteiger partial charge in [-0.25, -0.2) is 9.78 Å². The molecule has 4 atom stereocenters. The highest BCUT2D eigenvalue weighted by atomic mass is 16.4. The zero-order valence-electron chi connectivity index (χ0n) is 17.3. The number of rotatable bonds is 13. The molecule has 0 saturated heterocycles. The quantitative estimate of drug-likeness (QED) is 0.180. The molecule has 172 valence electrons. The van der Waals surface area contributed by atoms with Crippen molar-refractivity contribution >= 4 is 29.7 Å². The van der Waals surface area contributed by atoms with Crippen molar-refractivity contribution in [2.75, 3.05) is 6.54 Å². The smallest absolute Gasteiger partial charge is 0.326 e. The Morgan fingerprint density at radius 2 is 1.81 bits per heavy atom. The Bertz CT molecular complexity index is 782. The molecule has 1 rings (SSSR count). The van der Waals surface area contributed by atoms with E-state index < -0.39 is 60.8 Å². The van der Waals surface area contributed by atoms with Gasteiger partial charge >= 0.3 is 11.9 Å². The molecule has 1 heterocycles. The third kappa shape index (κ3) is 8.82. The van der Waals surface area contributed by atoms with E-state index in [1.807, 2.05) is 12.2 Å². The van der Waals surface area contributed by atoms with Gasteiger partial charge in [0, 0.05) is 18.3 Å². The average molecular weight is 440 g/mol. The Morgan fingerprint density at radius 3 is 2.32 bits per heavy atom. The highest BCUT2D eigenvalue weighted by molar-refractivity contribution is 5.93. The second-order valence-electron chi connectivity index (χ2n) is 7.03. The van der Waals surface area contributed by atoms with Gasteiger partial charge in [-0.15, -0.1) is 0 Å². The molecular weight excluding hydrogens is 412 g/mol. The zero-order chi connectivity index (χ0) is 23.6. The van der Waals surface area contributed by atoms with Gasteiger partial charge < -0.3 is 36.9 Å². The monoisotopic (exact) mass is 440 g/mol. The van der Waals surface area contributed by atoms with Gasteiger partial charge in [-0.2, -0.15) is 0 Å². The number of hydrogen-bond donors (Lipinski definition) is 7. The minimum Gasteiger partial charge on any atom is -0.481 e. The zero-order valence-corrected chi connectivity index (χ0v) is 17.3. The first-order chi connectivity index (χ1) is 14.5. The highest BCUT2D eigenvalue weighted by Gasteiger charge is 2.28. The van der Waals surface area contributed by atoms with Crippen LogP contribution in [0, 0.1) is 5.92 Å². The summed E-state index contributed by atoms with van der Waals surface area (Å²) < 4.78 is 0. The standard InChI is InChI=1S/C18H28N6O7/c1-3-9(2)15(19)17(29)24-11(4-10-6-20-8-22-10)16(28)21-7-13(25)23-12(18(30)31)5-14(26)27/h6,8-9,11-12,15H,3-5,7,19H2,1-2H3,(H,20,22)(H,21,28)(H,23,25)(H,24,29)(H,26,27)(H,30,31). The lowest BCUT2D eigenvalue weighted by atomic mass is 9.99. The van der Waals surface area contributed by atoms with Crippen LogP contribution in [0.25, 0.3) is 0 Å². The molecule has 0 radical (unpaired) electrons. The SMILES string of the molecule is CCC(C)C(N)C(=O)NC(Cc1cnc[nH]1)C(=O)NCC(=O)NC(CC(=O)O)C(=O)O. The number of aliphatic carboxylic acids is 2. The van der Waals surface area contributed by atoms with Gasteiger partial charge in [-0.1, -0.05) is 20.3 Å². The molecule has 1 aromatic rings. The Balaban J connectivity index is 2.76. The van der Waals surface area contributed by atoms with Crippen molar-refractivity contribution in [1.82, 2.24) is 25.9 Å². The number of nitrogens with two attached hydrogens (primary N) is 1. The lowest BCUT2D eigenvalue weighted by molar-refractivity contribution is -0.147. The molecule has 3 amide bonds. The predicted molar refractivity (Wildman–Crippen MR) is 106 cm³/mol. The number of carbonyl (C=O) groups excluding carboxylic acids is 3. The number of aromatic amines is 1. The molecule has 31 heavy (non-hydrogen) atoms. The van der Waals surface area contributed by atoms with E-state index in [1.165, 1.54) is 12.5 Å². The van der Waals surface area contributed by atoms with Crippen LogP contribution in [0.3, 0.4) is 0 Å². The van der Waals surface area contributed by atoms with Gasteiger partial charge in [0.15, 0.2) is 0 Å². The fraction of sp³-hybridized carbons (Fsp3) is 0.556. The van der Waals surface area contributed by atoms with E-state index in [4.69, 9.17) is 15.9 Å². The third-order valence-corrected chi connectivity index (χ3v) is 4.61. The van der Waals surface area contributed by atoms with Crippen LogP contribution in [-0.2, 0) is 30.4 Å². The maximum Gasteiger partial charge on any atom is 0.326 e. The van der Waals surface area contributed by atoms with Crippen molar-refractivity contribution in [2.24, 2.45) is 11.7 Å². The molecule has 0 saturated carbocycles. The Kier molecular flexibility index (Phi) is 10.1. The lowest BCUT2D eigenvalue weighted by Gasteiger charge is -2.23. The molecule has 13 heteroatoms. The molecule has 1 aromatic heterocycles. The van der Waals surface area contributed by atoms with E-state index in [-0.39, 0.29) is 12.3 Å². The molecule has 0 spiro atoms. The molecule has 0 aliphatic carbocycles. The number of aromatic nitrogens is 2. The minimum atomic E-state index is -1.64. The van der Waals surface area contributed by atoms with Crippen LogP contribution in [0.2, 0.25) is 0 Å². The molecule has 0 fully saturated rings. The van der Waals surface area contributed by atoms with Gasteiger partial charge in [-0.05, 0) is 5.92 Å². The minimum absolute atomic E-state index is 0.0448. The summed E-state index contributed by atoms with van der Waals surface area (Å²) in [5.74, 6) is -5.19. The number of carbonyl (C=O) groups is 5. The first-order valence-electron chi connectivity index (χ1n) is 9.60. The second-order valence-corrected chi connectivity index (χ2v) is 7.03. The van der Waals surface area contributed by atoms with Crippen molar-refractivity contribution in [3.63, 3.8) is 0 Å². The van der Waals surface area contributed by atoms with Crippen LogP contribution < -0.4 is 21.7 Å². The number of nitrogens with zero attached hydrogens (tertiary/aromatic N) is 1. The Hall–Kier alpha value is -3.48. The fourth-order valence-corrected chi connectivity index (χ4v) is 2.52. The summed E-state index contributed by atoms with van der Waals surface area (Å²) in [7, 11) is 0. The van der Waals surface area contributed by atoms with Crippen molar-refractivity contribution < 1.29 is 34.2 Å². The van der Waals surface area contributed by atoms with Gasteiger partial charge in [0.25, 0.3) is 0 Å². The number of carboxylic acids is 2. The number of H-pyrrole nitrogens is 1. The van der Waals surface area contributed by atoms with Crippen LogP contribution in [0.5, 0.6) is 0 Å². The first-order valence-corrected chi connectivity index (χ1v) is 9.60. The summed E-state index contributed by atoms with van der Waals surface area (Å²) in [6.45, 7) is 3.06. The Labute approximate surface area is 178 Å². The molecular formula is C18H28N6O7. The number of amides is 3. The summed E-state index contributed by atoms with van der Waals surface area (Å²) in [5.41, 5.74) is 6.46. The molecule has 0 bridgehead atoms. The lowest BCUT2D eigenvalue weighted by Crippen LogP contribution is -2.55. The van der Waals surface area contributed by atoms with Crippen molar-refractivity contribution in [3.8, 4) is 0 Å². The summed E-state index contributed by atoms with van der Waals surface area (Å²) in [4.78, 5) is 65.3. The summed E-state index contributed by atoms with van der Waals surface area (Å²) in [6.07, 6.45) is 2.76. The number of carboxylic acid groups (broad SMARTS) is 2. The third-order valence-electron chi connectivity index (χ3n) is 4.61. The topological polar surface area (TPSA) is 217 Å². The summed E-state index contributed by atoms with van der Waals surface area (Å²) in [5, 5.41) is 24.5. The number of hydrogen-bond acceptors (Lipinski definition) is 7. The van der Waals surface area contributed by atoms with E-state index in [9.17, 15) is 24.0 Å². The molecule has 4 unspecified atom stereocenters. The van der Waals surface area contributed by atoms with E-state index in [1.54, 1.807) is 6.92 Å². The van der Waals surface area contributed by atoms with Gasteiger partial charge in [-0.3, -0.25) is 19.2 Å². The number of imidazole rings is 1. The van der Waals surface area contributed by atoms with E-state index in [0.29, 0.717) is 12.1 Å². The van der Waals surface area contributed by atoms with E-state index in [2.05, 4.69) is 20.6 Å². The van der Waals surface area contributed by atoms with E-state index >= 15 is 0 Å². The Morgan fingerprint density at radius 1 is 1.13 bits per heavy atom. The molecule has 0 aromatic carbocycles. The van der Waals surface area contributed by atoms with Crippen LogP contribution in [0.15, 0.2) is 12.5 Å². The maximum atomic E-state index is 12.6. The van der Waals surface area contributed by atoms with Crippen LogP contribution >= 0.6 is 0 Å². The van der Waals surface area contributed by atoms with Crippen LogP contribution in [0.4, 0.5) is 0 Å². The highest BCUT2D eigenvalue weighted by Crippen LogP contribution is 2.07. The average Bonchev–Trinajstić information content (AvgIpc) is 3.22. The summed E-state index contributed by atoms with van der Waals surface area (Å²) >= 11 is 0. The van der Waals surface area contributed by atoms with Crippen molar-refractivity contribution in [3.05, 3.63) is 18.2 Å². The van der Waals surface area contributed by atoms with Crippen molar-refractivity contribution in [1.29, 1.82) is 0 Å². The number of nitrogens with one attached hydrogen (secondary N) is 4. The molecule has 8 N–H and O–H groups in total. The van der Waals surface area contributed by atoms with Gasteiger partial charge in [0.05, 0.1) is 25.3 Å². The molecule has 0 aliphatic rings. The fourth-order valence-electron chi connectivity index (χ4n) is 2.52. The predicted octanol–water partition coefficient (Wildman–Crippen LogP) is -2.03. The van der Waals surface area contributed by atoms with Crippen molar-refractivity contribution in [2.45, 2.75) is 51.2 Å². The second kappa shape index (κ2) is 12.3. The van der Waals surface area contributed by atoms with Gasteiger partial charge in [0.1, 0.15) is 12.1 Å². The molecule has 0 aliphatic heterocycles.